The second-order valence-electron chi connectivity index (χ2n) is 7.07. The first-order valence-corrected chi connectivity index (χ1v) is 10.1. The minimum atomic E-state index is -3.16. The Hall–Kier alpha value is -1.86. The molecule has 1 aliphatic heterocycles. The molecule has 1 aliphatic carbocycles. The predicted molar refractivity (Wildman–Crippen MR) is 92.3 cm³/mol. The Labute approximate surface area is 141 Å². The van der Waals surface area contributed by atoms with Crippen molar-refractivity contribution in [2.75, 3.05) is 19.3 Å². The number of para-hydroxylation sites is 1. The van der Waals surface area contributed by atoms with Gasteiger partial charge in [-0.2, -0.15) is 0 Å². The zero-order valence-electron chi connectivity index (χ0n) is 13.6. The predicted octanol–water partition coefficient (Wildman–Crippen LogP) is 1.71. The van der Waals surface area contributed by atoms with E-state index in [1.54, 1.807) is 0 Å². The Kier molecular flexibility index (Phi) is 3.47. The smallest absolute Gasteiger partial charge is 0.270 e. The van der Waals surface area contributed by atoms with Gasteiger partial charge in [0.05, 0.1) is 6.26 Å². The van der Waals surface area contributed by atoms with Gasteiger partial charge < -0.3 is 9.88 Å². The second kappa shape index (κ2) is 5.32. The lowest BCUT2D eigenvalue weighted by Crippen LogP contribution is -2.41. The molecule has 7 heteroatoms. The van der Waals surface area contributed by atoms with Crippen molar-refractivity contribution < 1.29 is 13.2 Å². The number of piperidine rings is 1. The van der Waals surface area contributed by atoms with E-state index >= 15 is 0 Å². The highest BCUT2D eigenvalue weighted by molar-refractivity contribution is 7.88. The van der Waals surface area contributed by atoms with Gasteiger partial charge in [-0.3, -0.25) is 4.79 Å². The number of aromatic nitrogens is 1. The number of benzene rings is 1. The fraction of sp³-hybridized carbons (Fsp3) is 0.471. The Morgan fingerprint density at radius 1 is 1.29 bits per heavy atom. The topological polar surface area (TPSA) is 82.3 Å². The van der Waals surface area contributed by atoms with Crippen molar-refractivity contribution in [3.63, 3.8) is 0 Å². The molecule has 1 aromatic heterocycles. The van der Waals surface area contributed by atoms with E-state index in [1.165, 1.54) is 6.26 Å². The SMILES string of the molecule is CS(=O)(=O)NC1CC12CCN(C(=O)c1cc3ccccc3[nH]1)CC2. The van der Waals surface area contributed by atoms with Gasteiger partial charge in [0.15, 0.2) is 0 Å². The number of amides is 1. The summed E-state index contributed by atoms with van der Waals surface area (Å²) in [7, 11) is -3.16. The summed E-state index contributed by atoms with van der Waals surface area (Å²) in [4.78, 5) is 17.7. The Morgan fingerprint density at radius 2 is 2.00 bits per heavy atom. The first-order valence-electron chi connectivity index (χ1n) is 8.21. The molecule has 24 heavy (non-hydrogen) atoms. The molecule has 0 radical (unpaired) electrons. The lowest BCUT2D eigenvalue weighted by molar-refractivity contribution is 0.0669. The van der Waals surface area contributed by atoms with E-state index in [2.05, 4.69) is 9.71 Å². The molecule has 0 bridgehead atoms. The number of carbonyl (C=O) groups is 1. The molecule has 2 fully saturated rings. The van der Waals surface area contributed by atoms with Crippen molar-refractivity contribution in [1.29, 1.82) is 0 Å². The lowest BCUT2D eigenvalue weighted by Gasteiger charge is -2.32. The van der Waals surface area contributed by atoms with Gasteiger partial charge in [-0.1, -0.05) is 18.2 Å². The van der Waals surface area contributed by atoms with Crippen molar-refractivity contribution in [1.82, 2.24) is 14.6 Å². The molecular weight excluding hydrogens is 326 g/mol. The molecule has 1 aromatic carbocycles. The molecule has 1 spiro atoms. The molecule has 6 nitrogen and oxygen atoms in total. The number of carbonyl (C=O) groups excluding carboxylic acids is 1. The minimum absolute atomic E-state index is 0.0225. The molecule has 1 amide bonds. The largest absolute Gasteiger partial charge is 0.351 e. The van der Waals surface area contributed by atoms with Crippen molar-refractivity contribution in [3.8, 4) is 0 Å². The summed E-state index contributed by atoms with van der Waals surface area (Å²) >= 11 is 0. The summed E-state index contributed by atoms with van der Waals surface area (Å²) in [5.74, 6) is 0.0225. The van der Waals surface area contributed by atoms with E-state index in [1.807, 2.05) is 35.2 Å². The zero-order chi connectivity index (χ0) is 16.9. The van der Waals surface area contributed by atoms with E-state index in [4.69, 9.17) is 0 Å². The number of hydrogen-bond donors (Lipinski definition) is 2. The van der Waals surface area contributed by atoms with E-state index in [0.717, 1.165) is 30.2 Å². The van der Waals surface area contributed by atoms with Crippen LogP contribution in [0.3, 0.4) is 0 Å². The van der Waals surface area contributed by atoms with Gasteiger partial charge in [0.2, 0.25) is 10.0 Å². The van der Waals surface area contributed by atoms with E-state index in [9.17, 15) is 13.2 Å². The maximum Gasteiger partial charge on any atom is 0.270 e. The first kappa shape index (κ1) is 15.7. The highest BCUT2D eigenvalue weighted by Crippen LogP contribution is 2.54. The molecule has 1 atom stereocenters. The molecular formula is C17H21N3O3S. The van der Waals surface area contributed by atoms with Crippen molar-refractivity contribution in [3.05, 3.63) is 36.0 Å². The minimum Gasteiger partial charge on any atom is -0.351 e. The maximum absolute atomic E-state index is 12.7. The Balaban J connectivity index is 1.42. The average molecular weight is 347 g/mol. The molecule has 2 heterocycles. The number of likely N-dealkylation sites (tertiary alicyclic amines) is 1. The second-order valence-corrected chi connectivity index (χ2v) is 8.85. The number of hydrogen-bond acceptors (Lipinski definition) is 3. The summed E-state index contributed by atoms with van der Waals surface area (Å²) in [5.41, 5.74) is 1.64. The van der Waals surface area contributed by atoms with Crippen LogP contribution >= 0.6 is 0 Å². The lowest BCUT2D eigenvalue weighted by atomic mass is 9.92. The summed E-state index contributed by atoms with van der Waals surface area (Å²) in [6.45, 7) is 1.35. The third-order valence-corrected chi connectivity index (χ3v) is 6.07. The van der Waals surface area contributed by atoms with Crippen LogP contribution in [0, 0.1) is 5.41 Å². The van der Waals surface area contributed by atoms with Gasteiger partial charge in [-0.15, -0.1) is 0 Å². The summed E-state index contributed by atoms with van der Waals surface area (Å²) < 4.78 is 25.5. The molecule has 2 N–H and O–H groups in total. The van der Waals surface area contributed by atoms with Gasteiger partial charge in [-0.25, -0.2) is 13.1 Å². The zero-order valence-corrected chi connectivity index (χ0v) is 14.4. The molecule has 2 aromatic rings. The normalized spacial score (nSPS) is 22.9. The molecule has 1 saturated carbocycles. The number of nitrogens with zero attached hydrogens (tertiary/aromatic N) is 1. The number of sulfonamides is 1. The monoisotopic (exact) mass is 347 g/mol. The van der Waals surface area contributed by atoms with Gasteiger partial charge in [0.1, 0.15) is 5.69 Å². The number of aromatic amines is 1. The number of fused-ring (bicyclic) bond motifs is 1. The van der Waals surface area contributed by atoms with Crippen LogP contribution in [-0.2, 0) is 10.0 Å². The third-order valence-electron chi connectivity index (χ3n) is 5.35. The van der Waals surface area contributed by atoms with Gasteiger partial charge in [0.25, 0.3) is 5.91 Å². The average Bonchev–Trinajstić information content (AvgIpc) is 2.99. The molecule has 4 rings (SSSR count). The summed E-state index contributed by atoms with van der Waals surface area (Å²) in [6.07, 6.45) is 3.79. The van der Waals surface area contributed by atoms with E-state index < -0.39 is 10.0 Å². The standard InChI is InChI=1S/C17H21N3O3S/c1-24(22,23)19-15-11-17(15)6-8-20(9-7-17)16(21)14-10-12-4-2-3-5-13(12)18-14/h2-5,10,15,18-19H,6-9,11H2,1H3. The number of nitrogens with one attached hydrogen (secondary N) is 2. The highest BCUT2D eigenvalue weighted by Gasteiger charge is 2.56. The van der Waals surface area contributed by atoms with Crippen LogP contribution in [0.4, 0.5) is 0 Å². The van der Waals surface area contributed by atoms with Crippen molar-refractivity contribution >= 4 is 26.8 Å². The van der Waals surface area contributed by atoms with Crippen molar-refractivity contribution in [2.45, 2.75) is 25.3 Å². The fourth-order valence-electron chi connectivity index (χ4n) is 3.84. The quantitative estimate of drug-likeness (QED) is 0.887. The van der Waals surface area contributed by atoms with Crippen molar-refractivity contribution in [2.24, 2.45) is 5.41 Å². The number of H-pyrrole nitrogens is 1. The van der Waals surface area contributed by atoms with E-state index in [-0.39, 0.29) is 17.4 Å². The van der Waals surface area contributed by atoms with Gasteiger partial charge in [-0.05, 0) is 36.8 Å². The van der Waals surface area contributed by atoms with Crippen LogP contribution in [0.1, 0.15) is 29.8 Å². The molecule has 1 saturated heterocycles. The Morgan fingerprint density at radius 3 is 2.67 bits per heavy atom. The van der Waals surface area contributed by atoms with E-state index in [0.29, 0.717) is 18.8 Å². The third kappa shape index (κ3) is 2.82. The number of rotatable bonds is 3. The molecule has 1 unspecified atom stereocenters. The van der Waals surface area contributed by atoms with Crippen LogP contribution in [0.15, 0.2) is 30.3 Å². The van der Waals surface area contributed by atoms with Crippen LogP contribution < -0.4 is 4.72 Å². The maximum atomic E-state index is 12.7. The molecule has 128 valence electrons. The van der Waals surface area contributed by atoms with Crippen LogP contribution in [-0.4, -0.2) is 49.6 Å². The van der Waals surface area contributed by atoms with Crippen LogP contribution in [0.25, 0.3) is 10.9 Å². The first-order chi connectivity index (χ1) is 11.4. The van der Waals surface area contributed by atoms with Gasteiger partial charge in [0, 0.05) is 30.0 Å². The highest BCUT2D eigenvalue weighted by atomic mass is 32.2. The summed E-state index contributed by atoms with van der Waals surface area (Å²) in [6, 6.07) is 9.78. The fourth-order valence-corrected chi connectivity index (χ4v) is 4.69. The summed E-state index contributed by atoms with van der Waals surface area (Å²) in [5, 5.41) is 1.04. The Bertz CT molecular complexity index is 862. The molecule has 2 aliphatic rings. The van der Waals surface area contributed by atoms with Crippen LogP contribution in [0.5, 0.6) is 0 Å². The van der Waals surface area contributed by atoms with Gasteiger partial charge >= 0.3 is 0 Å². The van der Waals surface area contributed by atoms with Crippen LogP contribution in [0.2, 0.25) is 0 Å².